The van der Waals surface area contributed by atoms with Crippen molar-refractivity contribution >= 4 is 0 Å². The molecule has 9 heteroatoms. The molecular formula is C25H42N2O7. The molecule has 0 aromatic heterocycles. The highest BCUT2D eigenvalue weighted by Gasteiger charge is 2.88. The summed E-state index contributed by atoms with van der Waals surface area (Å²) in [5.74, 6) is -0.548. The molecule has 0 aromatic rings. The largest absolute Gasteiger partial charge is 0.392 e. The van der Waals surface area contributed by atoms with Crippen LogP contribution >= 0.6 is 0 Å². The molecule has 5 N–H and O–H groups in total. The van der Waals surface area contributed by atoms with Gasteiger partial charge in [0.1, 0.15) is 5.60 Å². The number of piperidine rings is 1. The molecule has 194 valence electrons. The van der Waals surface area contributed by atoms with Gasteiger partial charge in [-0.15, -0.1) is 0 Å². The van der Waals surface area contributed by atoms with Gasteiger partial charge < -0.3 is 40.0 Å². The minimum absolute atomic E-state index is 0.0614. The number of aliphatic hydroxyl groups is 3. The van der Waals surface area contributed by atoms with Crippen LogP contribution in [0.15, 0.2) is 0 Å². The highest BCUT2D eigenvalue weighted by atomic mass is 16.5. The third-order valence-corrected chi connectivity index (χ3v) is 11.7. The molecule has 1 aliphatic heterocycles. The first-order valence-electron chi connectivity index (χ1n) is 12.9. The summed E-state index contributed by atoms with van der Waals surface area (Å²) in [5, 5.41) is 35.2. The summed E-state index contributed by atoms with van der Waals surface area (Å²) >= 11 is 0. The summed E-state index contributed by atoms with van der Waals surface area (Å²) < 4.78 is 24.2. The van der Waals surface area contributed by atoms with Crippen molar-refractivity contribution in [1.82, 2.24) is 4.90 Å². The summed E-state index contributed by atoms with van der Waals surface area (Å²) in [7, 11) is 6.77. The quantitative estimate of drug-likeness (QED) is 0.385. The molecule has 7 bridgehead atoms. The SMILES string of the molecule is CCN1C[C@]2(COC)[C@H](O)C[C@H](OC)[C@@]34[C@@H]5C[C@]6(O)[C@@H](OC)C[C@@](N)([C@H]5[C@H]6O)[C@@H]([C@H](OC)[C@H]23)[C@@H]14. The molecule has 0 radical (unpaired) electrons. The van der Waals surface area contributed by atoms with Crippen LogP contribution in [0.3, 0.4) is 0 Å². The zero-order valence-corrected chi connectivity index (χ0v) is 21.0. The Kier molecular flexibility index (Phi) is 5.19. The Morgan fingerprint density at radius 1 is 1.00 bits per heavy atom. The number of hydrogen-bond donors (Lipinski definition) is 4. The summed E-state index contributed by atoms with van der Waals surface area (Å²) in [6.07, 6.45) is -1.24. The number of fused-ring (bicyclic) bond motifs is 2. The van der Waals surface area contributed by atoms with E-state index in [1.54, 1.807) is 28.4 Å². The highest BCUT2D eigenvalue weighted by Crippen LogP contribution is 2.79. The Morgan fingerprint density at radius 3 is 2.29 bits per heavy atom. The molecule has 0 amide bonds. The van der Waals surface area contributed by atoms with Crippen molar-refractivity contribution in [3.05, 3.63) is 0 Å². The number of aliphatic hydroxyl groups excluding tert-OH is 2. The van der Waals surface area contributed by atoms with E-state index in [1.165, 1.54) is 0 Å². The van der Waals surface area contributed by atoms with Crippen molar-refractivity contribution in [3.8, 4) is 0 Å². The molecule has 6 rings (SSSR count). The first kappa shape index (κ1) is 24.0. The standard InChI is InChI=1S/C25H42N2O7/c1-6-27-10-22(11-31-2)13(28)7-14(32-3)25-12-8-24(30)15(33-4)9-23(26,16(12)21(24)29)17(20(25)27)18(34-5)19(22)25/h12-21,28-30H,6-11,26H2,1-5H3/t12-,13-,14+,15+,16-,17+,18+,19-,20-,21-,22+,23-,24+,25+/m1/s1. The van der Waals surface area contributed by atoms with Crippen LogP contribution in [0.4, 0.5) is 0 Å². The van der Waals surface area contributed by atoms with Gasteiger partial charge in [-0.25, -0.2) is 0 Å². The van der Waals surface area contributed by atoms with E-state index in [4.69, 9.17) is 24.7 Å². The Labute approximate surface area is 201 Å². The predicted octanol–water partition coefficient (Wildman–Crippen LogP) is -0.792. The average molecular weight is 483 g/mol. The van der Waals surface area contributed by atoms with Crippen molar-refractivity contribution in [3.63, 3.8) is 0 Å². The molecule has 1 heterocycles. The molecule has 1 spiro atoms. The van der Waals surface area contributed by atoms with Gasteiger partial charge in [-0.2, -0.15) is 0 Å². The molecule has 1 saturated heterocycles. The maximum atomic E-state index is 11.8. The molecule has 14 atom stereocenters. The zero-order chi connectivity index (χ0) is 24.4. The molecule has 6 fully saturated rings. The van der Waals surface area contributed by atoms with Crippen molar-refractivity contribution in [2.75, 3.05) is 48.1 Å². The summed E-state index contributed by atoms with van der Waals surface area (Å²) in [5.41, 5.74) is 4.33. The minimum Gasteiger partial charge on any atom is -0.392 e. The third-order valence-electron chi connectivity index (χ3n) is 11.7. The second kappa shape index (κ2) is 7.36. The van der Waals surface area contributed by atoms with Gasteiger partial charge in [-0.1, -0.05) is 6.92 Å². The van der Waals surface area contributed by atoms with Crippen LogP contribution in [0.2, 0.25) is 0 Å². The molecule has 0 aromatic carbocycles. The number of likely N-dealkylation sites (tertiary alicyclic amines) is 1. The van der Waals surface area contributed by atoms with Crippen LogP contribution < -0.4 is 5.73 Å². The van der Waals surface area contributed by atoms with Crippen LogP contribution in [-0.2, 0) is 18.9 Å². The number of methoxy groups -OCH3 is 4. The topological polar surface area (TPSA) is 127 Å². The van der Waals surface area contributed by atoms with E-state index < -0.39 is 40.3 Å². The smallest absolute Gasteiger partial charge is 0.117 e. The maximum absolute atomic E-state index is 11.8. The Morgan fingerprint density at radius 2 is 1.71 bits per heavy atom. The molecule has 5 aliphatic carbocycles. The van der Waals surface area contributed by atoms with E-state index >= 15 is 0 Å². The summed E-state index contributed by atoms with van der Waals surface area (Å²) in [6.45, 7) is 4.07. The van der Waals surface area contributed by atoms with E-state index in [1.807, 2.05) is 0 Å². The summed E-state index contributed by atoms with van der Waals surface area (Å²) in [4.78, 5) is 2.47. The maximum Gasteiger partial charge on any atom is 0.117 e. The molecule has 5 saturated carbocycles. The molecule has 34 heavy (non-hydrogen) atoms. The van der Waals surface area contributed by atoms with Gasteiger partial charge in [0, 0.05) is 81.6 Å². The van der Waals surface area contributed by atoms with Crippen LogP contribution in [0.1, 0.15) is 26.2 Å². The van der Waals surface area contributed by atoms with Crippen molar-refractivity contribution in [2.24, 2.45) is 40.2 Å². The van der Waals surface area contributed by atoms with E-state index in [0.717, 1.165) is 6.54 Å². The first-order chi connectivity index (χ1) is 16.2. The lowest BCUT2D eigenvalue weighted by molar-refractivity contribution is -0.282. The second-order valence-electron chi connectivity index (χ2n) is 12.2. The van der Waals surface area contributed by atoms with Gasteiger partial charge in [-0.3, -0.25) is 4.90 Å². The van der Waals surface area contributed by atoms with Crippen LogP contribution in [0.5, 0.6) is 0 Å². The molecule has 9 nitrogen and oxygen atoms in total. The normalized spacial score (nSPS) is 61.7. The van der Waals surface area contributed by atoms with E-state index in [0.29, 0.717) is 32.4 Å². The second-order valence-corrected chi connectivity index (χ2v) is 12.2. The van der Waals surface area contributed by atoms with Crippen molar-refractivity contribution in [2.45, 2.75) is 73.9 Å². The van der Waals surface area contributed by atoms with Gasteiger partial charge in [0.15, 0.2) is 0 Å². The van der Waals surface area contributed by atoms with Crippen LogP contribution in [-0.4, -0.2) is 116 Å². The average Bonchev–Trinajstić information content (AvgIpc) is 3.17. The van der Waals surface area contributed by atoms with Crippen LogP contribution in [0, 0.1) is 34.5 Å². The van der Waals surface area contributed by atoms with Gasteiger partial charge in [0.25, 0.3) is 0 Å². The fourth-order valence-corrected chi connectivity index (χ4v) is 11.0. The monoisotopic (exact) mass is 482 g/mol. The van der Waals surface area contributed by atoms with E-state index in [9.17, 15) is 15.3 Å². The Hall–Kier alpha value is -0.360. The number of hydrogen-bond acceptors (Lipinski definition) is 9. The Balaban J connectivity index is 1.66. The fraction of sp³-hybridized carbons (Fsp3) is 1.00. The zero-order valence-electron chi connectivity index (χ0n) is 21.0. The van der Waals surface area contributed by atoms with Gasteiger partial charge in [0.05, 0.1) is 37.1 Å². The number of nitrogens with two attached hydrogens (primary N) is 1. The molecular weight excluding hydrogens is 440 g/mol. The third kappa shape index (κ3) is 2.26. The van der Waals surface area contributed by atoms with E-state index in [2.05, 4.69) is 11.8 Å². The van der Waals surface area contributed by atoms with Crippen molar-refractivity contribution in [1.29, 1.82) is 0 Å². The minimum atomic E-state index is -1.35. The van der Waals surface area contributed by atoms with Gasteiger partial charge in [-0.05, 0) is 25.3 Å². The first-order valence-corrected chi connectivity index (χ1v) is 12.9. The highest BCUT2D eigenvalue weighted by molar-refractivity contribution is 5.39. The lowest BCUT2D eigenvalue weighted by Crippen LogP contribution is -2.80. The number of ether oxygens (including phenoxy) is 4. The number of rotatable bonds is 6. The van der Waals surface area contributed by atoms with Gasteiger partial charge in [0.2, 0.25) is 0 Å². The lowest BCUT2D eigenvalue weighted by atomic mass is 9.42. The Bertz CT molecular complexity index is 848. The lowest BCUT2D eigenvalue weighted by Gasteiger charge is -2.70. The molecule has 0 unspecified atom stereocenters. The van der Waals surface area contributed by atoms with E-state index in [-0.39, 0.29) is 41.9 Å². The molecule has 6 aliphatic rings. The van der Waals surface area contributed by atoms with Gasteiger partial charge >= 0.3 is 0 Å². The van der Waals surface area contributed by atoms with Crippen molar-refractivity contribution < 1.29 is 34.3 Å². The number of nitrogens with zero attached hydrogens (tertiary/aromatic N) is 1. The fourth-order valence-electron chi connectivity index (χ4n) is 11.0. The van der Waals surface area contributed by atoms with Crippen LogP contribution in [0.25, 0.3) is 0 Å². The predicted molar refractivity (Wildman–Crippen MR) is 122 cm³/mol. The summed E-state index contributed by atoms with van der Waals surface area (Å²) in [6, 6.07) is 0.0614.